The van der Waals surface area contributed by atoms with Crippen LogP contribution in [0.1, 0.15) is 37.4 Å². The van der Waals surface area contributed by atoms with E-state index in [2.05, 4.69) is 34.4 Å². The highest BCUT2D eigenvalue weighted by Gasteiger charge is 2.20. The van der Waals surface area contributed by atoms with Crippen molar-refractivity contribution in [3.8, 4) is 0 Å². The highest BCUT2D eigenvalue weighted by atomic mass is 32.1. The molecule has 0 spiro atoms. The maximum Gasteiger partial charge on any atom is 0.107 e. The van der Waals surface area contributed by atoms with Crippen molar-refractivity contribution in [2.24, 2.45) is 0 Å². The number of nitrogens with zero attached hydrogens (tertiary/aromatic N) is 2. The lowest BCUT2D eigenvalue weighted by Crippen LogP contribution is -2.26. The quantitative estimate of drug-likeness (QED) is 0.854. The van der Waals surface area contributed by atoms with Gasteiger partial charge in [-0.1, -0.05) is 6.92 Å². The van der Waals surface area contributed by atoms with Crippen LogP contribution in [0.5, 0.6) is 0 Å². The van der Waals surface area contributed by atoms with Crippen molar-refractivity contribution < 1.29 is 0 Å². The summed E-state index contributed by atoms with van der Waals surface area (Å²) in [7, 11) is 0. The molecule has 1 unspecified atom stereocenters. The van der Waals surface area contributed by atoms with Crippen LogP contribution in [-0.4, -0.2) is 29.0 Å². The second-order valence-electron chi connectivity index (χ2n) is 4.47. The molecule has 1 saturated heterocycles. The molecule has 16 heavy (non-hydrogen) atoms. The first-order valence-electron chi connectivity index (χ1n) is 6.17. The van der Waals surface area contributed by atoms with E-state index in [4.69, 9.17) is 0 Å². The topological polar surface area (TPSA) is 28.2 Å². The van der Waals surface area contributed by atoms with Gasteiger partial charge >= 0.3 is 0 Å². The molecule has 0 aliphatic carbocycles. The van der Waals surface area contributed by atoms with Crippen LogP contribution in [0.4, 0.5) is 0 Å². The fraction of sp³-hybridized carbons (Fsp3) is 0.750. The van der Waals surface area contributed by atoms with Crippen molar-refractivity contribution in [1.29, 1.82) is 0 Å². The smallest absolute Gasteiger partial charge is 0.107 e. The lowest BCUT2D eigenvalue weighted by atomic mass is 10.2. The van der Waals surface area contributed by atoms with E-state index in [-0.39, 0.29) is 0 Å². The van der Waals surface area contributed by atoms with Crippen molar-refractivity contribution in [2.75, 3.05) is 13.1 Å². The highest BCUT2D eigenvalue weighted by molar-refractivity contribution is 7.09. The summed E-state index contributed by atoms with van der Waals surface area (Å²) in [5, 5.41) is 6.73. The van der Waals surface area contributed by atoms with Gasteiger partial charge in [-0.05, 0) is 32.9 Å². The molecule has 1 aliphatic rings. The molecule has 1 N–H and O–H groups in total. The number of hydrogen-bond donors (Lipinski definition) is 1. The molecule has 4 heteroatoms. The minimum absolute atomic E-state index is 0.735. The monoisotopic (exact) mass is 239 g/mol. The molecule has 1 aromatic rings. The molecule has 2 heterocycles. The Morgan fingerprint density at radius 1 is 1.62 bits per heavy atom. The van der Waals surface area contributed by atoms with Gasteiger partial charge in [-0.15, -0.1) is 11.3 Å². The van der Waals surface area contributed by atoms with Gasteiger partial charge in [0.25, 0.3) is 0 Å². The third-order valence-corrected chi connectivity index (χ3v) is 4.08. The first-order chi connectivity index (χ1) is 7.79. The van der Waals surface area contributed by atoms with Crippen LogP contribution >= 0.6 is 11.3 Å². The Hall–Kier alpha value is -0.450. The lowest BCUT2D eigenvalue weighted by molar-refractivity contribution is 0.257. The van der Waals surface area contributed by atoms with Crippen LogP contribution < -0.4 is 5.32 Å². The molecule has 2 rings (SSSR count). The van der Waals surface area contributed by atoms with Crippen LogP contribution in [-0.2, 0) is 13.1 Å². The van der Waals surface area contributed by atoms with Gasteiger partial charge in [-0.2, -0.15) is 0 Å². The molecule has 1 aromatic heterocycles. The molecule has 0 bridgehead atoms. The Kier molecular flexibility index (Phi) is 4.32. The Bertz CT molecular complexity index is 324. The van der Waals surface area contributed by atoms with Gasteiger partial charge in [0.15, 0.2) is 0 Å². The Morgan fingerprint density at radius 2 is 2.50 bits per heavy atom. The maximum atomic E-state index is 4.66. The Balaban J connectivity index is 1.87. The van der Waals surface area contributed by atoms with E-state index in [0.717, 1.165) is 25.7 Å². The molecule has 3 nitrogen and oxygen atoms in total. The number of rotatable bonds is 5. The normalized spacial score (nSPS) is 21.8. The van der Waals surface area contributed by atoms with Crippen LogP contribution in [0, 0.1) is 0 Å². The van der Waals surface area contributed by atoms with Crippen molar-refractivity contribution in [3.63, 3.8) is 0 Å². The van der Waals surface area contributed by atoms with Crippen LogP contribution in [0.15, 0.2) is 5.38 Å². The van der Waals surface area contributed by atoms with E-state index in [1.807, 2.05) is 0 Å². The lowest BCUT2D eigenvalue weighted by Gasteiger charge is -2.19. The molecule has 90 valence electrons. The summed E-state index contributed by atoms with van der Waals surface area (Å²) in [4.78, 5) is 7.19. The first kappa shape index (κ1) is 12.0. The van der Waals surface area contributed by atoms with E-state index in [1.165, 1.54) is 30.1 Å². The minimum Gasteiger partial charge on any atom is -0.311 e. The predicted molar refractivity (Wildman–Crippen MR) is 68.6 cm³/mol. The van der Waals surface area contributed by atoms with E-state index in [9.17, 15) is 0 Å². The SMILES string of the molecule is CCNCc1nc(CN2CCCC2C)cs1. The van der Waals surface area contributed by atoms with Gasteiger partial charge in [0.2, 0.25) is 0 Å². The summed E-state index contributed by atoms with van der Waals surface area (Å²) in [6.45, 7) is 8.64. The van der Waals surface area contributed by atoms with Crippen molar-refractivity contribution in [3.05, 3.63) is 16.1 Å². The van der Waals surface area contributed by atoms with Crippen LogP contribution in [0.25, 0.3) is 0 Å². The zero-order valence-corrected chi connectivity index (χ0v) is 11.0. The summed E-state index contributed by atoms with van der Waals surface area (Å²) in [5.74, 6) is 0. The predicted octanol–water partition coefficient (Wildman–Crippen LogP) is 2.24. The molecule has 1 fully saturated rings. The molecular weight excluding hydrogens is 218 g/mol. The second-order valence-corrected chi connectivity index (χ2v) is 5.42. The number of likely N-dealkylation sites (tertiary alicyclic amines) is 1. The molecule has 0 radical (unpaired) electrons. The maximum absolute atomic E-state index is 4.66. The number of aromatic nitrogens is 1. The first-order valence-corrected chi connectivity index (χ1v) is 7.05. The summed E-state index contributed by atoms with van der Waals surface area (Å²) >= 11 is 1.77. The van der Waals surface area contributed by atoms with Crippen molar-refractivity contribution in [2.45, 2.75) is 45.8 Å². The van der Waals surface area contributed by atoms with E-state index >= 15 is 0 Å². The third kappa shape index (κ3) is 3.03. The van der Waals surface area contributed by atoms with Crippen molar-refractivity contribution in [1.82, 2.24) is 15.2 Å². The second kappa shape index (κ2) is 5.75. The minimum atomic E-state index is 0.735. The molecule has 0 aromatic carbocycles. The number of thiazole rings is 1. The molecule has 0 saturated carbocycles. The van der Waals surface area contributed by atoms with E-state index in [1.54, 1.807) is 11.3 Å². The number of nitrogens with one attached hydrogen (secondary N) is 1. The average molecular weight is 239 g/mol. The Labute approximate surface area is 102 Å². The summed E-state index contributed by atoms with van der Waals surface area (Å²) in [6, 6.07) is 0.735. The summed E-state index contributed by atoms with van der Waals surface area (Å²) in [6.07, 6.45) is 2.68. The van der Waals surface area contributed by atoms with Gasteiger partial charge in [-0.3, -0.25) is 4.90 Å². The van der Waals surface area contributed by atoms with Gasteiger partial charge in [0.05, 0.1) is 5.69 Å². The highest BCUT2D eigenvalue weighted by Crippen LogP contribution is 2.20. The fourth-order valence-electron chi connectivity index (χ4n) is 2.17. The van der Waals surface area contributed by atoms with E-state index in [0.29, 0.717) is 0 Å². The van der Waals surface area contributed by atoms with Gasteiger partial charge in [-0.25, -0.2) is 4.98 Å². The molecule has 1 atom stereocenters. The van der Waals surface area contributed by atoms with Crippen LogP contribution in [0.3, 0.4) is 0 Å². The number of hydrogen-bond acceptors (Lipinski definition) is 4. The Morgan fingerprint density at radius 3 is 3.19 bits per heavy atom. The van der Waals surface area contributed by atoms with Crippen molar-refractivity contribution >= 4 is 11.3 Å². The summed E-state index contributed by atoms with van der Waals surface area (Å²) < 4.78 is 0. The molecule has 1 aliphatic heterocycles. The molecule has 0 amide bonds. The average Bonchev–Trinajstić information content (AvgIpc) is 2.87. The molecular formula is C12H21N3S. The zero-order valence-electron chi connectivity index (χ0n) is 10.2. The van der Waals surface area contributed by atoms with Crippen LogP contribution in [0.2, 0.25) is 0 Å². The van der Waals surface area contributed by atoms with Gasteiger partial charge in [0, 0.05) is 24.5 Å². The largest absolute Gasteiger partial charge is 0.311 e. The standard InChI is InChI=1S/C12H21N3S/c1-3-13-7-12-14-11(9-16-12)8-15-6-4-5-10(15)2/h9-10,13H,3-8H2,1-2H3. The zero-order chi connectivity index (χ0) is 11.4. The van der Waals surface area contributed by atoms with Gasteiger partial charge in [0.1, 0.15) is 5.01 Å². The van der Waals surface area contributed by atoms with Gasteiger partial charge < -0.3 is 5.32 Å². The fourth-order valence-corrected chi connectivity index (χ4v) is 2.93. The van der Waals surface area contributed by atoms with E-state index < -0.39 is 0 Å². The summed E-state index contributed by atoms with van der Waals surface area (Å²) in [5.41, 5.74) is 1.24. The third-order valence-electron chi connectivity index (χ3n) is 3.18.